The van der Waals surface area contributed by atoms with Gasteiger partial charge in [0.2, 0.25) is 0 Å². The summed E-state index contributed by atoms with van der Waals surface area (Å²) in [6.45, 7) is 0. The van der Waals surface area contributed by atoms with Crippen LogP contribution in [0.15, 0.2) is 59.5 Å². The molecule has 0 radical (unpaired) electrons. The molecule has 1 aliphatic rings. The molecule has 0 amide bonds. The Morgan fingerprint density at radius 2 is 1.80 bits per heavy atom. The lowest BCUT2D eigenvalue weighted by atomic mass is 9.88. The first kappa shape index (κ1) is 14.2. The van der Waals surface area contributed by atoms with Gasteiger partial charge in [0.1, 0.15) is 0 Å². The monoisotopic (exact) mass is 346 g/mol. The normalized spacial score (nSPS) is 18.8. The van der Waals surface area contributed by atoms with Gasteiger partial charge in [-0.25, -0.2) is 0 Å². The van der Waals surface area contributed by atoms with E-state index < -0.39 is 0 Å². The van der Waals surface area contributed by atoms with E-state index in [4.69, 9.17) is 0 Å². The van der Waals surface area contributed by atoms with Gasteiger partial charge in [-0.15, -0.1) is 11.8 Å². The Bertz CT molecular complexity index is 552. The van der Waals surface area contributed by atoms with Crippen molar-refractivity contribution in [2.24, 2.45) is 5.92 Å². The molecule has 1 heterocycles. The second-order valence-electron chi connectivity index (χ2n) is 5.49. The third kappa shape index (κ3) is 3.29. The minimum Gasteiger partial charge on any atom is -0.125 e. The zero-order valence-corrected chi connectivity index (χ0v) is 13.9. The van der Waals surface area contributed by atoms with Crippen molar-refractivity contribution in [3.05, 3.63) is 65.7 Å². The molecule has 0 bridgehead atoms. The van der Waals surface area contributed by atoms with Gasteiger partial charge in [0.05, 0.1) is 0 Å². The fraction of sp³-hybridized carbons (Fsp3) is 0.333. The summed E-state index contributed by atoms with van der Waals surface area (Å²) in [5, 5.41) is 1.09. The predicted octanol–water partition coefficient (Wildman–Crippen LogP) is 5.52. The van der Waals surface area contributed by atoms with Gasteiger partial charge in [-0.2, -0.15) is 0 Å². The van der Waals surface area contributed by atoms with Crippen LogP contribution < -0.4 is 0 Å². The molecule has 0 N–H and O–H groups in total. The molecule has 1 aliphatic heterocycles. The minimum atomic E-state index is 0.717. The van der Waals surface area contributed by atoms with Gasteiger partial charge in [-0.05, 0) is 41.9 Å². The van der Waals surface area contributed by atoms with Gasteiger partial charge < -0.3 is 0 Å². The summed E-state index contributed by atoms with van der Waals surface area (Å²) in [6.07, 6.45) is 2.46. The van der Waals surface area contributed by atoms with E-state index >= 15 is 0 Å². The van der Waals surface area contributed by atoms with Gasteiger partial charge in [0.25, 0.3) is 0 Å². The zero-order chi connectivity index (χ0) is 13.8. The summed E-state index contributed by atoms with van der Waals surface area (Å²) in [7, 11) is 0. The molecule has 0 saturated heterocycles. The zero-order valence-electron chi connectivity index (χ0n) is 11.5. The van der Waals surface area contributed by atoms with Crippen molar-refractivity contribution in [3.8, 4) is 0 Å². The number of benzene rings is 2. The maximum Gasteiger partial charge on any atom is 0.0107 e. The van der Waals surface area contributed by atoms with Gasteiger partial charge in [0, 0.05) is 16.0 Å². The van der Waals surface area contributed by atoms with Crippen molar-refractivity contribution in [1.82, 2.24) is 0 Å². The average molecular weight is 347 g/mol. The Balaban J connectivity index is 1.67. The summed E-state index contributed by atoms with van der Waals surface area (Å²) in [4.78, 5) is 1.49. The minimum absolute atomic E-state index is 0.717. The van der Waals surface area contributed by atoms with Crippen LogP contribution in [0.1, 0.15) is 23.5 Å². The molecular weight excluding hydrogens is 328 g/mol. The lowest BCUT2D eigenvalue weighted by Gasteiger charge is -2.19. The molecule has 104 valence electrons. The Hall–Kier alpha value is -0.730. The molecule has 0 aromatic heterocycles. The van der Waals surface area contributed by atoms with Crippen LogP contribution in [0.3, 0.4) is 0 Å². The molecule has 2 unspecified atom stereocenters. The molecule has 2 heteroatoms. The smallest absolute Gasteiger partial charge is 0.0107 e. The Morgan fingerprint density at radius 1 is 1.05 bits per heavy atom. The largest absolute Gasteiger partial charge is 0.125 e. The van der Waals surface area contributed by atoms with Crippen molar-refractivity contribution in [2.45, 2.75) is 23.7 Å². The molecule has 2 aromatic carbocycles. The van der Waals surface area contributed by atoms with E-state index in [2.05, 4.69) is 70.5 Å². The van der Waals surface area contributed by atoms with Crippen molar-refractivity contribution in [2.75, 3.05) is 11.1 Å². The highest BCUT2D eigenvalue weighted by Gasteiger charge is 2.25. The predicted molar refractivity (Wildman–Crippen MR) is 92.0 cm³/mol. The van der Waals surface area contributed by atoms with E-state index in [1.165, 1.54) is 29.1 Å². The van der Waals surface area contributed by atoms with Crippen molar-refractivity contribution >= 4 is 27.7 Å². The van der Waals surface area contributed by atoms with Crippen LogP contribution in [0.4, 0.5) is 0 Å². The molecule has 3 rings (SSSR count). The van der Waals surface area contributed by atoms with Crippen LogP contribution in [-0.2, 0) is 6.42 Å². The van der Waals surface area contributed by atoms with E-state index in [1.807, 2.05) is 11.8 Å². The topological polar surface area (TPSA) is 0 Å². The molecule has 0 nitrogen and oxygen atoms in total. The summed E-state index contributed by atoms with van der Waals surface area (Å²) < 4.78 is 0. The highest BCUT2D eigenvalue weighted by molar-refractivity contribution is 9.09. The average Bonchev–Trinajstić information content (AvgIpc) is 2.91. The number of alkyl halides is 1. The number of halogens is 1. The quantitative estimate of drug-likeness (QED) is 0.642. The van der Waals surface area contributed by atoms with Crippen LogP contribution in [0.25, 0.3) is 0 Å². The van der Waals surface area contributed by atoms with E-state index in [9.17, 15) is 0 Å². The molecule has 20 heavy (non-hydrogen) atoms. The second-order valence-corrected chi connectivity index (χ2v) is 7.20. The Kier molecular flexibility index (Phi) is 4.85. The van der Waals surface area contributed by atoms with Crippen LogP contribution in [0.5, 0.6) is 0 Å². The molecule has 0 aliphatic carbocycles. The number of hydrogen-bond donors (Lipinski definition) is 0. The lowest BCUT2D eigenvalue weighted by Crippen LogP contribution is -2.12. The molecule has 0 saturated carbocycles. The van der Waals surface area contributed by atoms with Crippen molar-refractivity contribution < 1.29 is 0 Å². The van der Waals surface area contributed by atoms with E-state index in [-0.39, 0.29) is 0 Å². The molecule has 2 aromatic rings. The van der Waals surface area contributed by atoms with Gasteiger partial charge in [0.15, 0.2) is 0 Å². The first-order chi connectivity index (χ1) is 9.86. The first-order valence-corrected chi connectivity index (χ1v) is 9.29. The molecule has 0 fully saturated rings. The van der Waals surface area contributed by atoms with Crippen LogP contribution in [0, 0.1) is 5.92 Å². The Morgan fingerprint density at radius 3 is 2.60 bits per heavy atom. The second kappa shape index (κ2) is 6.82. The Labute approximate surface area is 134 Å². The summed E-state index contributed by atoms with van der Waals surface area (Å²) in [5.74, 6) is 2.69. The van der Waals surface area contributed by atoms with Crippen molar-refractivity contribution in [3.63, 3.8) is 0 Å². The van der Waals surface area contributed by atoms with E-state index in [0.29, 0.717) is 5.92 Å². The van der Waals surface area contributed by atoms with Crippen LogP contribution >= 0.6 is 27.7 Å². The molecule has 0 spiro atoms. The molecular formula is C18H19BrS. The van der Waals surface area contributed by atoms with E-state index in [0.717, 1.165) is 11.2 Å². The maximum absolute atomic E-state index is 3.71. The summed E-state index contributed by atoms with van der Waals surface area (Å²) in [5.41, 5.74) is 3.02. The van der Waals surface area contributed by atoms with Gasteiger partial charge >= 0.3 is 0 Å². The van der Waals surface area contributed by atoms with E-state index in [1.54, 1.807) is 5.56 Å². The highest BCUT2D eigenvalue weighted by Crippen LogP contribution is 2.42. The first-order valence-electron chi connectivity index (χ1n) is 7.18. The SMILES string of the molecule is BrCC(Cc1ccccc1)CC1CSc2ccccc21. The fourth-order valence-electron chi connectivity index (χ4n) is 2.98. The number of hydrogen-bond acceptors (Lipinski definition) is 1. The fourth-order valence-corrected chi connectivity index (χ4v) is 4.74. The summed E-state index contributed by atoms with van der Waals surface area (Å²) in [6, 6.07) is 19.8. The standard InChI is InChI=1S/C18H19BrS/c19-12-15(10-14-6-2-1-3-7-14)11-16-13-20-18-9-5-4-8-17(16)18/h1-9,15-16H,10-13H2. The third-order valence-electron chi connectivity index (χ3n) is 4.00. The third-order valence-corrected chi connectivity index (χ3v) is 6.17. The maximum atomic E-state index is 3.71. The summed E-state index contributed by atoms with van der Waals surface area (Å²) >= 11 is 5.73. The number of thioether (sulfide) groups is 1. The molecule has 2 atom stereocenters. The van der Waals surface area contributed by atoms with Gasteiger partial charge in [-0.3, -0.25) is 0 Å². The van der Waals surface area contributed by atoms with Crippen LogP contribution in [-0.4, -0.2) is 11.1 Å². The number of rotatable bonds is 5. The highest BCUT2D eigenvalue weighted by atomic mass is 79.9. The van der Waals surface area contributed by atoms with Crippen molar-refractivity contribution in [1.29, 1.82) is 0 Å². The van der Waals surface area contributed by atoms with Gasteiger partial charge in [-0.1, -0.05) is 64.5 Å². The van der Waals surface area contributed by atoms with Crippen LogP contribution in [0.2, 0.25) is 0 Å². The lowest BCUT2D eigenvalue weighted by molar-refractivity contribution is 0.496. The number of fused-ring (bicyclic) bond motifs is 1.